The van der Waals surface area contributed by atoms with Crippen molar-refractivity contribution in [3.63, 3.8) is 0 Å². The van der Waals surface area contributed by atoms with Crippen molar-refractivity contribution in [1.29, 1.82) is 0 Å². The highest BCUT2D eigenvalue weighted by Crippen LogP contribution is 2.29. The van der Waals surface area contributed by atoms with Gasteiger partial charge in [0.1, 0.15) is 5.75 Å². The molecule has 0 unspecified atom stereocenters. The summed E-state index contributed by atoms with van der Waals surface area (Å²) >= 11 is 0. The van der Waals surface area contributed by atoms with E-state index in [1.165, 1.54) is 18.2 Å². The third-order valence-corrected chi connectivity index (χ3v) is 2.93. The number of halogens is 1. The van der Waals surface area contributed by atoms with E-state index in [-0.39, 0.29) is 5.75 Å². The van der Waals surface area contributed by atoms with Crippen LogP contribution in [0.1, 0.15) is 18.1 Å². The zero-order chi connectivity index (χ0) is 15.2. The van der Waals surface area contributed by atoms with Crippen LogP contribution in [0.3, 0.4) is 0 Å². The molecule has 0 saturated carbocycles. The average molecular weight is 286 g/mol. The molecule has 0 amide bonds. The van der Waals surface area contributed by atoms with Crippen molar-refractivity contribution >= 4 is 12.0 Å². The molecule has 0 aliphatic rings. The van der Waals surface area contributed by atoms with Crippen LogP contribution < -0.4 is 4.74 Å². The number of rotatable bonds is 5. The number of para-hydroxylation sites is 1. The van der Waals surface area contributed by atoms with Crippen molar-refractivity contribution < 1.29 is 19.0 Å². The first-order valence-electron chi connectivity index (χ1n) is 6.56. The molecule has 1 N–H and O–H groups in total. The van der Waals surface area contributed by atoms with Gasteiger partial charge in [-0.15, -0.1) is 0 Å². The summed E-state index contributed by atoms with van der Waals surface area (Å²) in [7, 11) is 0. The molecule has 0 aliphatic carbocycles. The second-order valence-corrected chi connectivity index (χ2v) is 4.43. The molecule has 21 heavy (non-hydrogen) atoms. The number of aryl methyl sites for hydroxylation is 1. The molecular weight excluding hydrogens is 271 g/mol. The van der Waals surface area contributed by atoms with E-state index in [4.69, 9.17) is 9.84 Å². The maximum Gasteiger partial charge on any atom is 0.328 e. The van der Waals surface area contributed by atoms with Crippen LogP contribution in [0.25, 0.3) is 6.08 Å². The maximum atomic E-state index is 13.9. The lowest BCUT2D eigenvalue weighted by atomic mass is 10.1. The predicted molar refractivity (Wildman–Crippen MR) is 79.0 cm³/mol. The van der Waals surface area contributed by atoms with Crippen molar-refractivity contribution in [2.75, 3.05) is 0 Å². The Balaban J connectivity index is 2.36. The summed E-state index contributed by atoms with van der Waals surface area (Å²) in [5.41, 5.74) is 1.45. The Hall–Kier alpha value is -2.62. The van der Waals surface area contributed by atoms with E-state index < -0.39 is 11.8 Å². The van der Waals surface area contributed by atoms with Gasteiger partial charge in [0.25, 0.3) is 0 Å². The van der Waals surface area contributed by atoms with Gasteiger partial charge in [-0.3, -0.25) is 0 Å². The van der Waals surface area contributed by atoms with Gasteiger partial charge in [0.15, 0.2) is 11.6 Å². The Kier molecular flexibility index (Phi) is 4.72. The summed E-state index contributed by atoms with van der Waals surface area (Å²) in [4.78, 5) is 10.6. The van der Waals surface area contributed by atoms with Gasteiger partial charge in [-0.05, 0) is 36.3 Å². The van der Waals surface area contributed by atoms with Crippen molar-refractivity contribution in [3.05, 3.63) is 65.5 Å². The molecule has 0 radical (unpaired) electrons. The molecule has 0 saturated heterocycles. The average Bonchev–Trinajstić information content (AvgIpc) is 2.48. The third kappa shape index (κ3) is 3.92. The van der Waals surface area contributed by atoms with Gasteiger partial charge in [0, 0.05) is 11.6 Å². The number of carbonyl (C=O) groups is 1. The molecule has 0 bridgehead atoms. The molecule has 2 aromatic rings. The molecule has 0 aromatic heterocycles. The fourth-order valence-corrected chi connectivity index (χ4v) is 1.87. The molecular formula is C17H15FO3. The zero-order valence-corrected chi connectivity index (χ0v) is 11.5. The van der Waals surface area contributed by atoms with Gasteiger partial charge in [-0.2, -0.15) is 0 Å². The van der Waals surface area contributed by atoms with E-state index in [0.717, 1.165) is 18.1 Å². The minimum atomic E-state index is -1.10. The Bertz CT molecular complexity index is 677. The van der Waals surface area contributed by atoms with Gasteiger partial charge in [0.2, 0.25) is 0 Å². The number of benzene rings is 2. The molecule has 0 fully saturated rings. The lowest BCUT2D eigenvalue weighted by Gasteiger charge is -2.10. The fourth-order valence-electron chi connectivity index (χ4n) is 1.87. The van der Waals surface area contributed by atoms with Crippen LogP contribution >= 0.6 is 0 Å². The van der Waals surface area contributed by atoms with Crippen LogP contribution in [-0.2, 0) is 11.2 Å². The van der Waals surface area contributed by atoms with Crippen LogP contribution in [-0.4, -0.2) is 11.1 Å². The van der Waals surface area contributed by atoms with Gasteiger partial charge < -0.3 is 9.84 Å². The van der Waals surface area contributed by atoms with Crippen LogP contribution in [0.5, 0.6) is 11.5 Å². The van der Waals surface area contributed by atoms with Crippen LogP contribution in [0.4, 0.5) is 4.39 Å². The number of ether oxygens (including phenoxy) is 1. The Morgan fingerprint density at radius 1 is 1.29 bits per heavy atom. The highest BCUT2D eigenvalue weighted by molar-refractivity contribution is 5.85. The van der Waals surface area contributed by atoms with Crippen LogP contribution in [0, 0.1) is 5.82 Å². The van der Waals surface area contributed by atoms with E-state index >= 15 is 0 Å². The van der Waals surface area contributed by atoms with E-state index in [1.54, 1.807) is 12.1 Å². The van der Waals surface area contributed by atoms with Gasteiger partial charge >= 0.3 is 5.97 Å². The fraction of sp³-hybridized carbons (Fsp3) is 0.118. The first kappa shape index (κ1) is 14.8. The topological polar surface area (TPSA) is 46.5 Å². The zero-order valence-electron chi connectivity index (χ0n) is 11.5. The Morgan fingerprint density at radius 2 is 2.05 bits per heavy atom. The van der Waals surface area contributed by atoms with Crippen LogP contribution in [0.2, 0.25) is 0 Å². The number of carboxylic acids is 1. The molecule has 108 valence electrons. The molecule has 2 rings (SSSR count). The summed E-state index contributed by atoms with van der Waals surface area (Å²) < 4.78 is 19.5. The number of hydrogen-bond acceptors (Lipinski definition) is 2. The summed E-state index contributed by atoms with van der Waals surface area (Å²) in [6, 6.07) is 11.7. The summed E-state index contributed by atoms with van der Waals surface area (Å²) in [5.74, 6) is -1.10. The normalized spacial score (nSPS) is 10.8. The molecule has 0 atom stereocenters. The molecule has 4 heteroatoms. The first-order chi connectivity index (χ1) is 10.1. The van der Waals surface area contributed by atoms with Gasteiger partial charge in [0.05, 0.1) is 0 Å². The second-order valence-electron chi connectivity index (χ2n) is 4.43. The highest BCUT2D eigenvalue weighted by Gasteiger charge is 2.09. The molecule has 3 nitrogen and oxygen atoms in total. The largest absolute Gasteiger partial charge is 0.478 e. The first-order valence-corrected chi connectivity index (χ1v) is 6.56. The third-order valence-electron chi connectivity index (χ3n) is 2.93. The molecule has 0 spiro atoms. The van der Waals surface area contributed by atoms with E-state index in [2.05, 4.69) is 0 Å². The van der Waals surface area contributed by atoms with Crippen molar-refractivity contribution in [3.8, 4) is 11.5 Å². The smallest absolute Gasteiger partial charge is 0.328 e. The summed E-state index contributed by atoms with van der Waals surface area (Å²) in [6.45, 7) is 2.02. The summed E-state index contributed by atoms with van der Waals surface area (Å²) in [5, 5.41) is 8.67. The minimum Gasteiger partial charge on any atom is -0.478 e. The molecule has 2 aromatic carbocycles. The maximum absolute atomic E-state index is 13.9. The highest BCUT2D eigenvalue weighted by atomic mass is 19.1. The van der Waals surface area contributed by atoms with E-state index in [1.807, 2.05) is 25.1 Å². The van der Waals surface area contributed by atoms with Gasteiger partial charge in [-0.25, -0.2) is 9.18 Å². The van der Waals surface area contributed by atoms with E-state index in [0.29, 0.717) is 11.3 Å². The predicted octanol–water partition coefficient (Wildman–Crippen LogP) is 4.28. The van der Waals surface area contributed by atoms with Crippen LogP contribution in [0.15, 0.2) is 48.5 Å². The summed E-state index contributed by atoms with van der Waals surface area (Å²) in [6.07, 6.45) is 3.11. The quantitative estimate of drug-likeness (QED) is 0.834. The van der Waals surface area contributed by atoms with Gasteiger partial charge in [-0.1, -0.05) is 31.2 Å². The Labute approximate surface area is 122 Å². The number of aliphatic carboxylic acids is 1. The lowest BCUT2D eigenvalue weighted by molar-refractivity contribution is -0.131. The lowest BCUT2D eigenvalue weighted by Crippen LogP contribution is -1.93. The Morgan fingerprint density at radius 3 is 2.76 bits per heavy atom. The molecule has 0 aliphatic heterocycles. The number of hydrogen-bond donors (Lipinski definition) is 1. The second kappa shape index (κ2) is 6.70. The van der Waals surface area contributed by atoms with E-state index in [9.17, 15) is 9.18 Å². The SMILES string of the molecule is CCc1cccc(Oc2c(F)cccc2/C=C/C(=O)O)c1. The number of carboxylic acid groups (broad SMARTS) is 1. The van der Waals surface area contributed by atoms with Crippen molar-refractivity contribution in [1.82, 2.24) is 0 Å². The van der Waals surface area contributed by atoms with Crippen molar-refractivity contribution in [2.45, 2.75) is 13.3 Å². The van der Waals surface area contributed by atoms with Crippen molar-refractivity contribution in [2.24, 2.45) is 0 Å². The minimum absolute atomic E-state index is 0.0169. The molecule has 0 heterocycles. The monoisotopic (exact) mass is 286 g/mol. The standard InChI is InChI=1S/C17H15FO3/c1-2-12-5-3-7-14(11-12)21-17-13(9-10-16(19)20)6-4-8-15(17)18/h3-11H,2H2,1H3,(H,19,20)/b10-9+.